The van der Waals surface area contributed by atoms with Gasteiger partial charge in [0.15, 0.2) is 0 Å². The number of allylic oxidation sites excluding steroid dienone is 4. The number of hydrogen-bond donors (Lipinski definition) is 1. The fourth-order valence-corrected chi connectivity index (χ4v) is 3.15. The molecule has 0 rings (SSSR count). The zero-order chi connectivity index (χ0) is 18.3. The molecule has 0 saturated carbocycles. The Morgan fingerprint density at radius 3 is 1.16 bits per heavy atom. The van der Waals surface area contributed by atoms with Crippen LogP contribution in [0.1, 0.15) is 122 Å². The summed E-state index contributed by atoms with van der Waals surface area (Å²) in [6.07, 6.45) is 33.9. The summed E-state index contributed by atoms with van der Waals surface area (Å²) in [7, 11) is 0. The molecule has 0 heterocycles. The summed E-state index contributed by atoms with van der Waals surface area (Å²) in [5.74, 6) is 0. The van der Waals surface area contributed by atoms with Crippen LogP contribution in [0.3, 0.4) is 0 Å². The summed E-state index contributed by atoms with van der Waals surface area (Å²) < 4.78 is 0. The molecule has 148 valence electrons. The van der Waals surface area contributed by atoms with E-state index in [1.807, 2.05) is 0 Å². The molecule has 0 aliphatic heterocycles. The third kappa shape index (κ3) is 23.4. The van der Waals surface area contributed by atoms with Crippen molar-refractivity contribution in [1.82, 2.24) is 0 Å². The standard InChI is InChI=1S/C24H47N/c1-2-3-4-5-6-7-8-9-10-11-12-13-14-15-16-17-18-19-20-21-22-23-24-25/h9-10,15-16H,2-8,11-14,17-25H2,1H3/b10-9+,16-15+. The van der Waals surface area contributed by atoms with Gasteiger partial charge in [0.1, 0.15) is 0 Å². The molecule has 0 fully saturated rings. The van der Waals surface area contributed by atoms with Crippen LogP contribution in [-0.2, 0) is 0 Å². The van der Waals surface area contributed by atoms with E-state index in [0.29, 0.717) is 0 Å². The molecule has 0 radical (unpaired) electrons. The second kappa shape index (κ2) is 23.4. The topological polar surface area (TPSA) is 26.0 Å². The van der Waals surface area contributed by atoms with E-state index in [9.17, 15) is 0 Å². The summed E-state index contributed by atoms with van der Waals surface area (Å²) in [5.41, 5.74) is 5.50. The molecule has 0 bridgehead atoms. The van der Waals surface area contributed by atoms with Crippen LogP contribution in [0.25, 0.3) is 0 Å². The molecule has 1 nitrogen and oxygen atoms in total. The first-order valence-corrected chi connectivity index (χ1v) is 11.4. The third-order valence-electron chi connectivity index (χ3n) is 4.87. The average Bonchev–Trinajstić information content (AvgIpc) is 2.63. The normalized spacial score (nSPS) is 11.9. The van der Waals surface area contributed by atoms with Crippen molar-refractivity contribution in [2.24, 2.45) is 5.73 Å². The molecule has 0 atom stereocenters. The lowest BCUT2D eigenvalue weighted by molar-refractivity contribution is 0.600. The molecular formula is C24H47N. The lowest BCUT2D eigenvalue weighted by Gasteiger charge is -1.99. The third-order valence-corrected chi connectivity index (χ3v) is 4.87. The van der Waals surface area contributed by atoms with Gasteiger partial charge in [-0.05, 0) is 64.3 Å². The molecule has 0 aliphatic carbocycles. The number of rotatable bonds is 20. The molecule has 0 aromatic rings. The fourth-order valence-electron chi connectivity index (χ4n) is 3.15. The molecule has 0 saturated heterocycles. The highest BCUT2D eigenvalue weighted by Gasteiger charge is 1.90. The second-order valence-corrected chi connectivity index (χ2v) is 7.48. The Morgan fingerprint density at radius 1 is 0.440 bits per heavy atom. The lowest BCUT2D eigenvalue weighted by atomic mass is 10.1. The van der Waals surface area contributed by atoms with E-state index in [4.69, 9.17) is 5.73 Å². The summed E-state index contributed by atoms with van der Waals surface area (Å²) >= 11 is 0. The molecule has 0 aromatic carbocycles. The zero-order valence-electron chi connectivity index (χ0n) is 17.3. The van der Waals surface area contributed by atoms with Crippen molar-refractivity contribution in [3.63, 3.8) is 0 Å². The van der Waals surface area contributed by atoms with E-state index < -0.39 is 0 Å². The molecule has 0 aliphatic rings. The summed E-state index contributed by atoms with van der Waals surface area (Å²) in [5, 5.41) is 0. The second-order valence-electron chi connectivity index (χ2n) is 7.48. The lowest BCUT2D eigenvalue weighted by Crippen LogP contribution is -1.97. The number of unbranched alkanes of at least 4 members (excludes halogenated alkanes) is 15. The molecule has 2 N–H and O–H groups in total. The smallest absolute Gasteiger partial charge is 0.00773 e. The average molecular weight is 350 g/mol. The molecule has 0 amide bonds. The number of hydrogen-bond acceptors (Lipinski definition) is 1. The van der Waals surface area contributed by atoms with Crippen LogP contribution in [0, 0.1) is 0 Å². The van der Waals surface area contributed by atoms with Crippen molar-refractivity contribution in [2.45, 2.75) is 122 Å². The van der Waals surface area contributed by atoms with Crippen molar-refractivity contribution in [1.29, 1.82) is 0 Å². The van der Waals surface area contributed by atoms with E-state index in [1.54, 1.807) is 0 Å². The van der Waals surface area contributed by atoms with E-state index >= 15 is 0 Å². The summed E-state index contributed by atoms with van der Waals surface area (Å²) in [6, 6.07) is 0. The van der Waals surface area contributed by atoms with Crippen LogP contribution in [-0.4, -0.2) is 6.54 Å². The van der Waals surface area contributed by atoms with Crippen molar-refractivity contribution in [3.8, 4) is 0 Å². The highest BCUT2D eigenvalue weighted by atomic mass is 14.5. The minimum Gasteiger partial charge on any atom is -0.330 e. The predicted octanol–water partition coefficient (Wildman–Crippen LogP) is 8.10. The van der Waals surface area contributed by atoms with Crippen molar-refractivity contribution >= 4 is 0 Å². The molecular weight excluding hydrogens is 302 g/mol. The Kier molecular flexibility index (Phi) is 22.9. The first-order valence-electron chi connectivity index (χ1n) is 11.4. The quantitative estimate of drug-likeness (QED) is 0.174. The number of nitrogens with two attached hydrogens (primary N) is 1. The van der Waals surface area contributed by atoms with Gasteiger partial charge in [0, 0.05) is 0 Å². The fraction of sp³-hybridized carbons (Fsp3) is 0.833. The maximum Gasteiger partial charge on any atom is -0.00773 e. The Labute approximate surface area is 159 Å². The van der Waals surface area contributed by atoms with Crippen molar-refractivity contribution < 1.29 is 0 Å². The van der Waals surface area contributed by atoms with Crippen LogP contribution in [0.15, 0.2) is 24.3 Å². The van der Waals surface area contributed by atoms with Gasteiger partial charge in [-0.15, -0.1) is 0 Å². The summed E-state index contributed by atoms with van der Waals surface area (Å²) in [4.78, 5) is 0. The van der Waals surface area contributed by atoms with Gasteiger partial charge >= 0.3 is 0 Å². The molecule has 0 unspecified atom stereocenters. The SMILES string of the molecule is CCCCCCCC/C=C/CCCC/C=C/CCCCCCCCN. The zero-order valence-corrected chi connectivity index (χ0v) is 17.3. The van der Waals surface area contributed by atoms with E-state index in [0.717, 1.165) is 6.54 Å². The first kappa shape index (κ1) is 24.4. The Balaban J connectivity index is 3.13. The molecule has 25 heavy (non-hydrogen) atoms. The molecule has 0 spiro atoms. The summed E-state index contributed by atoms with van der Waals surface area (Å²) in [6.45, 7) is 3.14. The van der Waals surface area contributed by atoms with Gasteiger partial charge in [0.2, 0.25) is 0 Å². The highest BCUT2D eigenvalue weighted by molar-refractivity contribution is 4.84. The van der Waals surface area contributed by atoms with Gasteiger partial charge in [-0.1, -0.05) is 89.0 Å². The van der Waals surface area contributed by atoms with E-state index in [1.165, 1.54) is 116 Å². The van der Waals surface area contributed by atoms with Crippen molar-refractivity contribution in [2.75, 3.05) is 6.54 Å². The van der Waals surface area contributed by atoms with Gasteiger partial charge < -0.3 is 5.73 Å². The van der Waals surface area contributed by atoms with Gasteiger partial charge in [0.05, 0.1) is 0 Å². The van der Waals surface area contributed by atoms with Crippen LogP contribution in [0.4, 0.5) is 0 Å². The van der Waals surface area contributed by atoms with Crippen molar-refractivity contribution in [3.05, 3.63) is 24.3 Å². The van der Waals surface area contributed by atoms with Crippen LogP contribution in [0.5, 0.6) is 0 Å². The van der Waals surface area contributed by atoms with E-state index in [-0.39, 0.29) is 0 Å². The Morgan fingerprint density at radius 2 is 0.760 bits per heavy atom. The van der Waals surface area contributed by atoms with Crippen LogP contribution in [0.2, 0.25) is 0 Å². The highest BCUT2D eigenvalue weighted by Crippen LogP contribution is 2.09. The predicted molar refractivity (Wildman–Crippen MR) is 116 cm³/mol. The molecule has 1 heteroatoms. The first-order chi connectivity index (χ1) is 12.4. The Bertz CT molecular complexity index is 280. The maximum atomic E-state index is 5.50. The van der Waals surface area contributed by atoms with Gasteiger partial charge in [-0.3, -0.25) is 0 Å². The van der Waals surface area contributed by atoms with E-state index in [2.05, 4.69) is 31.2 Å². The van der Waals surface area contributed by atoms with Crippen LogP contribution >= 0.6 is 0 Å². The van der Waals surface area contributed by atoms with Crippen LogP contribution < -0.4 is 5.73 Å². The monoisotopic (exact) mass is 349 g/mol. The minimum absolute atomic E-state index is 0.859. The largest absolute Gasteiger partial charge is 0.330 e. The van der Waals surface area contributed by atoms with Gasteiger partial charge in [0.25, 0.3) is 0 Å². The Hall–Kier alpha value is -0.560. The van der Waals surface area contributed by atoms with Gasteiger partial charge in [-0.2, -0.15) is 0 Å². The minimum atomic E-state index is 0.859. The van der Waals surface area contributed by atoms with Gasteiger partial charge in [-0.25, -0.2) is 0 Å². The maximum absolute atomic E-state index is 5.50. The molecule has 0 aromatic heterocycles.